The van der Waals surface area contributed by atoms with Gasteiger partial charge in [0, 0.05) is 7.05 Å². The first-order valence-electron chi connectivity index (χ1n) is 8.94. The van der Waals surface area contributed by atoms with Crippen LogP contribution in [-0.4, -0.2) is 28.6 Å². The van der Waals surface area contributed by atoms with Crippen LogP contribution in [0.15, 0.2) is 44.7 Å². The third kappa shape index (κ3) is 2.55. The number of hydrogen-bond acceptors (Lipinski definition) is 5. The number of imidazole rings is 1. The first-order valence-corrected chi connectivity index (χ1v) is 8.94. The topological polar surface area (TPSA) is 114 Å². The molecule has 0 radical (unpaired) electrons. The van der Waals surface area contributed by atoms with Gasteiger partial charge in [-0.1, -0.05) is 43.7 Å². The second-order valence-electron chi connectivity index (χ2n) is 6.67. The van der Waals surface area contributed by atoms with Crippen LogP contribution >= 0.6 is 0 Å². The normalized spacial score (nSPS) is 11.5. The van der Waals surface area contributed by atoms with Gasteiger partial charge in [-0.15, -0.1) is 0 Å². The Morgan fingerprint density at radius 2 is 1.82 bits per heavy atom. The predicted octanol–water partition coefficient (Wildman–Crippen LogP) is 0.743. The molecule has 0 aliphatic rings. The van der Waals surface area contributed by atoms with Gasteiger partial charge in [0.05, 0.1) is 12.1 Å². The summed E-state index contributed by atoms with van der Waals surface area (Å²) in [4.78, 5) is 44.5. The number of nitrogens with zero attached hydrogens (tertiary/aromatic N) is 4. The molecule has 28 heavy (non-hydrogen) atoms. The van der Waals surface area contributed by atoms with Crippen LogP contribution in [0.3, 0.4) is 0 Å². The van der Waals surface area contributed by atoms with E-state index in [1.807, 2.05) is 37.3 Å². The number of hydrogen-bond donors (Lipinski definition) is 2. The van der Waals surface area contributed by atoms with E-state index in [1.165, 1.54) is 16.0 Å². The molecule has 3 aromatic heterocycles. The highest BCUT2D eigenvalue weighted by atomic mass is 16.3. The van der Waals surface area contributed by atoms with Crippen molar-refractivity contribution in [1.29, 1.82) is 0 Å². The first-order chi connectivity index (χ1) is 13.4. The Labute approximate surface area is 158 Å². The van der Waals surface area contributed by atoms with E-state index in [9.17, 15) is 19.5 Å². The van der Waals surface area contributed by atoms with Crippen molar-refractivity contribution in [3.05, 3.63) is 72.7 Å². The zero-order chi connectivity index (χ0) is 20.0. The van der Waals surface area contributed by atoms with E-state index in [2.05, 4.69) is 9.97 Å². The van der Waals surface area contributed by atoms with Crippen LogP contribution in [0.2, 0.25) is 0 Å². The quantitative estimate of drug-likeness (QED) is 0.541. The molecule has 9 nitrogen and oxygen atoms in total. The Kier molecular flexibility index (Phi) is 4.14. The zero-order valence-corrected chi connectivity index (χ0v) is 15.5. The van der Waals surface area contributed by atoms with Gasteiger partial charge in [0.25, 0.3) is 11.1 Å². The highest BCUT2D eigenvalue weighted by Crippen LogP contribution is 2.21. The van der Waals surface area contributed by atoms with E-state index in [4.69, 9.17) is 0 Å². The summed E-state index contributed by atoms with van der Waals surface area (Å²) in [6.45, 7) is 2.15. The molecule has 0 saturated carbocycles. The summed E-state index contributed by atoms with van der Waals surface area (Å²) in [6.07, 6.45) is 0.986. The minimum absolute atomic E-state index is 0.0127. The van der Waals surface area contributed by atoms with Gasteiger partial charge in [-0.25, -0.2) is 9.20 Å². The summed E-state index contributed by atoms with van der Waals surface area (Å²) in [5.74, 6) is -0.0853. The van der Waals surface area contributed by atoms with Crippen LogP contribution in [0.4, 0.5) is 0 Å². The van der Waals surface area contributed by atoms with E-state index in [1.54, 1.807) is 0 Å². The highest BCUT2D eigenvalue weighted by Gasteiger charge is 2.22. The van der Waals surface area contributed by atoms with Gasteiger partial charge < -0.3 is 5.11 Å². The fraction of sp³-hybridized carbons (Fsp3) is 0.263. The van der Waals surface area contributed by atoms with Crippen LogP contribution in [0.25, 0.3) is 16.9 Å². The molecule has 3 heterocycles. The number of aromatic nitrogens is 5. The number of nitrogens with one attached hydrogen (secondary N) is 1. The molecule has 0 spiro atoms. The van der Waals surface area contributed by atoms with Crippen LogP contribution in [0.5, 0.6) is 5.88 Å². The van der Waals surface area contributed by atoms with Crippen molar-refractivity contribution in [3.8, 4) is 5.88 Å². The van der Waals surface area contributed by atoms with Crippen molar-refractivity contribution in [2.24, 2.45) is 7.05 Å². The second-order valence-corrected chi connectivity index (χ2v) is 6.67. The maximum atomic E-state index is 13.1. The van der Waals surface area contributed by atoms with Crippen LogP contribution in [-0.2, 0) is 20.0 Å². The standard InChI is InChI=1S/C19H19N5O4/c1-3-7-12-15(25)23(10-11-8-5-4-6-9-11)18-20-14-13(24(18)16(12)26)17(27)22(2)19(28)21-14/h4-6,8-9,25H,3,7,10H2,1-2H3,(H,21,28). The van der Waals surface area contributed by atoms with Gasteiger partial charge >= 0.3 is 5.69 Å². The van der Waals surface area contributed by atoms with Gasteiger partial charge in [-0.3, -0.25) is 23.7 Å². The first kappa shape index (κ1) is 17.8. The molecule has 0 aliphatic heterocycles. The van der Waals surface area contributed by atoms with Crippen molar-refractivity contribution in [2.75, 3.05) is 0 Å². The molecule has 0 fully saturated rings. The van der Waals surface area contributed by atoms with Gasteiger partial charge in [0.15, 0.2) is 11.2 Å². The third-order valence-electron chi connectivity index (χ3n) is 4.81. The lowest BCUT2D eigenvalue weighted by Crippen LogP contribution is -2.34. The van der Waals surface area contributed by atoms with Gasteiger partial charge in [-0.05, 0) is 12.0 Å². The van der Waals surface area contributed by atoms with Crippen LogP contribution in [0.1, 0.15) is 24.5 Å². The lowest BCUT2D eigenvalue weighted by molar-refractivity contribution is 0.411. The summed E-state index contributed by atoms with van der Waals surface area (Å²) < 4.78 is 3.56. The molecule has 4 aromatic rings. The molecule has 144 valence electrons. The summed E-state index contributed by atoms with van der Waals surface area (Å²) in [5.41, 5.74) is -0.659. The Balaban J connectivity index is 2.17. The number of benzene rings is 1. The van der Waals surface area contributed by atoms with Gasteiger partial charge in [0.1, 0.15) is 0 Å². The molecule has 4 rings (SSSR count). The summed E-state index contributed by atoms with van der Waals surface area (Å²) >= 11 is 0. The largest absolute Gasteiger partial charge is 0.494 e. The van der Waals surface area contributed by atoms with E-state index < -0.39 is 16.8 Å². The molecular weight excluding hydrogens is 362 g/mol. The number of fused-ring (bicyclic) bond motifs is 3. The summed E-state index contributed by atoms with van der Waals surface area (Å²) in [5, 5.41) is 10.8. The fourth-order valence-electron chi connectivity index (χ4n) is 3.37. The number of H-pyrrole nitrogens is 1. The van der Waals surface area contributed by atoms with E-state index in [0.29, 0.717) is 12.8 Å². The average molecular weight is 381 g/mol. The Bertz CT molecular complexity index is 1380. The minimum Gasteiger partial charge on any atom is -0.494 e. The van der Waals surface area contributed by atoms with E-state index >= 15 is 0 Å². The van der Waals surface area contributed by atoms with Crippen molar-refractivity contribution in [1.82, 2.24) is 23.5 Å². The van der Waals surface area contributed by atoms with Gasteiger partial charge in [0.2, 0.25) is 11.7 Å². The SMILES string of the molecule is CCCc1c(O)n(Cc2ccccc2)c2nc3[nH]c(=O)n(C)c(=O)c3n2c1=O. The van der Waals surface area contributed by atoms with E-state index in [-0.39, 0.29) is 34.9 Å². The molecule has 1 aromatic carbocycles. The number of aromatic amines is 1. The number of aromatic hydroxyl groups is 1. The summed E-state index contributed by atoms with van der Waals surface area (Å²) in [7, 11) is 1.33. The molecule has 9 heteroatoms. The Morgan fingerprint density at radius 1 is 1.11 bits per heavy atom. The molecular formula is C19H19N5O4. The molecule has 0 bridgehead atoms. The zero-order valence-electron chi connectivity index (χ0n) is 15.5. The third-order valence-corrected chi connectivity index (χ3v) is 4.81. The average Bonchev–Trinajstić information content (AvgIpc) is 3.07. The van der Waals surface area contributed by atoms with Gasteiger partial charge in [-0.2, -0.15) is 4.98 Å². The molecule has 0 saturated heterocycles. The van der Waals surface area contributed by atoms with E-state index in [0.717, 1.165) is 10.1 Å². The fourth-order valence-corrected chi connectivity index (χ4v) is 3.37. The minimum atomic E-state index is -0.624. The monoisotopic (exact) mass is 381 g/mol. The Hall–Kier alpha value is -3.62. The number of rotatable bonds is 4. The maximum Gasteiger partial charge on any atom is 0.329 e. The molecule has 0 aliphatic carbocycles. The molecule has 0 amide bonds. The molecule has 0 atom stereocenters. The highest BCUT2D eigenvalue weighted by molar-refractivity contribution is 5.75. The molecule has 2 N–H and O–H groups in total. The maximum absolute atomic E-state index is 13.1. The van der Waals surface area contributed by atoms with Crippen LogP contribution in [0, 0.1) is 0 Å². The van der Waals surface area contributed by atoms with Crippen molar-refractivity contribution >= 4 is 16.9 Å². The molecule has 0 unspecified atom stereocenters. The van der Waals surface area contributed by atoms with Crippen LogP contribution < -0.4 is 16.8 Å². The Morgan fingerprint density at radius 3 is 2.50 bits per heavy atom. The second kappa shape index (κ2) is 6.52. The predicted molar refractivity (Wildman–Crippen MR) is 104 cm³/mol. The van der Waals surface area contributed by atoms with Crippen molar-refractivity contribution < 1.29 is 5.11 Å². The summed E-state index contributed by atoms with van der Waals surface area (Å²) in [6, 6.07) is 9.39. The lowest BCUT2D eigenvalue weighted by atomic mass is 10.1. The lowest BCUT2D eigenvalue weighted by Gasteiger charge is -2.14. The van der Waals surface area contributed by atoms with Crippen molar-refractivity contribution in [2.45, 2.75) is 26.3 Å². The smallest absolute Gasteiger partial charge is 0.329 e. The van der Waals surface area contributed by atoms with Crippen molar-refractivity contribution in [3.63, 3.8) is 0 Å².